The fourth-order valence-corrected chi connectivity index (χ4v) is 3.53. The van der Waals surface area contributed by atoms with E-state index in [1.807, 2.05) is 18.2 Å². The molecule has 3 nitrogen and oxygen atoms in total. The molecule has 1 heterocycles. The summed E-state index contributed by atoms with van der Waals surface area (Å²) in [5, 5.41) is 0. The number of carbonyl (C=O) groups is 1. The Bertz CT molecular complexity index is 732. The van der Waals surface area contributed by atoms with Crippen LogP contribution in [0.15, 0.2) is 48.5 Å². The Hall–Kier alpha value is -2.13. The van der Waals surface area contributed by atoms with Crippen LogP contribution in [0.4, 0.5) is 0 Å². The minimum Gasteiger partial charge on any atom is -0.460 e. The molecule has 0 spiro atoms. The third kappa shape index (κ3) is 3.09. The Labute approximate surface area is 142 Å². The van der Waals surface area contributed by atoms with Crippen LogP contribution in [0.2, 0.25) is 0 Å². The predicted molar refractivity (Wildman–Crippen MR) is 92.6 cm³/mol. The molecule has 0 aromatic heterocycles. The zero-order valence-electron chi connectivity index (χ0n) is 13.9. The third-order valence-electron chi connectivity index (χ3n) is 4.98. The van der Waals surface area contributed by atoms with E-state index in [0.29, 0.717) is 0 Å². The van der Waals surface area contributed by atoms with Crippen molar-refractivity contribution in [3.05, 3.63) is 59.7 Å². The standard InChI is InChI=1S/C21H22O3/c1-14-11-12-16(13-18(14)15-7-3-2-4-8-15)19-20(24-19)21(22)23-17-9-5-6-10-17/h2-4,7-8,11-13,17,19-20H,5-6,9-10H2,1H3. The van der Waals surface area contributed by atoms with Crippen molar-refractivity contribution in [2.45, 2.75) is 50.9 Å². The average molecular weight is 322 g/mol. The first kappa shape index (κ1) is 15.4. The van der Waals surface area contributed by atoms with E-state index in [2.05, 4.69) is 37.3 Å². The molecule has 1 aliphatic carbocycles. The van der Waals surface area contributed by atoms with Gasteiger partial charge in [0.2, 0.25) is 0 Å². The summed E-state index contributed by atoms with van der Waals surface area (Å²) in [6, 6.07) is 16.6. The van der Waals surface area contributed by atoms with E-state index >= 15 is 0 Å². The molecule has 2 fully saturated rings. The van der Waals surface area contributed by atoms with Crippen molar-refractivity contribution in [2.75, 3.05) is 0 Å². The monoisotopic (exact) mass is 322 g/mol. The molecule has 1 saturated carbocycles. The van der Waals surface area contributed by atoms with Crippen LogP contribution in [0.1, 0.15) is 42.9 Å². The van der Waals surface area contributed by atoms with Crippen LogP contribution in [0, 0.1) is 6.92 Å². The van der Waals surface area contributed by atoms with Crippen LogP contribution in [0.5, 0.6) is 0 Å². The van der Waals surface area contributed by atoms with Crippen LogP contribution in [-0.4, -0.2) is 18.2 Å². The Morgan fingerprint density at radius 3 is 2.58 bits per heavy atom. The summed E-state index contributed by atoms with van der Waals surface area (Å²) in [6.45, 7) is 2.10. The lowest BCUT2D eigenvalue weighted by Gasteiger charge is -2.10. The second kappa shape index (κ2) is 6.40. The lowest BCUT2D eigenvalue weighted by atomic mass is 9.96. The molecule has 2 aromatic rings. The van der Waals surface area contributed by atoms with Crippen molar-refractivity contribution in [3.8, 4) is 11.1 Å². The SMILES string of the molecule is Cc1ccc(C2OC2C(=O)OC2CCCC2)cc1-c1ccccc1. The van der Waals surface area contributed by atoms with Crippen molar-refractivity contribution in [1.82, 2.24) is 0 Å². The summed E-state index contributed by atoms with van der Waals surface area (Å²) in [4.78, 5) is 12.2. The lowest BCUT2D eigenvalue weighted by Crippen LogP contribution is -2.19. The molecule has 0 amide bonds. The highest BCUT2D eigenvalue weighted by Crippen LogP contribution is 2.41. The average Bonchev–Trinajstić information content (AvgIpc) is 3.25. The number of benzene rings is 2. The number of aryl methyl sites for hydroxylation is 1. The van der Waals surface area contributed by atoms with Crippen molar-refractivity contribution < 1.29 is 14.3 Å². The minimum absolute atomic E-state index is 0.0975. The molecule has 4 rings (SSSR count). The highest BCUT2D eigenvalue weighted by Gasteiger charge is 2.48. The summed E-state index contributed by atoms with van der Waals surface area (Å²) in [5.41, 5.74) is 4.64. The highest BCUT2D eigenvalue weighted by molar-refractivity contribution is 5.79. The van der Waals surface area contributed by atoms with Gasteiger partial charge in [-0.3, -0.25) is 0 Å². The summed E-state index contributed by atoms with van der Waals surface area (Å²) >= 11 is 0. The quantitative estimate of drug-likeness (QED) is 0.610. The van der Waals surface area contributed by atoms with Gasteiger partial charge >= 0.3 is 5.97 Å². The zero-order valence-corrected chi connectivity index (χ0v) is 13.9. The molecule has 2 aliphatic rings. The number of epoxide rings is 1. The van der Waals surface area contributed by atoms with Crippen LogP contribution < -0.4 is 0 Å². The van der Waals surface area contributed by atoms with Gasteiger partial charge in [0.05, 0.1) is 0 Å². The maximum atomic E-state index is 12.2. The van der Waals surface area contributed by atoms with E-state index < -0.39 is 6.10 Å². The first-order valence-corrected chi connectivity index (χ1v) is 8.74. The van der Waals surface area contributed by atoms with E-state index in [1.165, 1.54) is 16.7 Å². The molecule has 124 valence electrons. The van der Waals surface area contributed by atoms with Gasteiger partial charge < -0.3 is 9.47 Å². The van der Waals surface area contributed by atoms with Crippen LogP contribution in [0.3, 0.4) is 0 Å². The Morgan fingerprint density at radius 1 is 1.08 bits per heavy atom. The highest BCUT2D eigenvalue weighted by atomic mass is 16.6. The number of hydrogen-bond acceptors (Lipinski definition) is 3. The topological polar surface area (TPSA) is 38.8 Å². The maximum absolute atomic E-state index is 12.2. The molecule has 1 aliphatic heterocycles. The van der Waals surface area contributed by atoms with E-state index in [9.17, 15) is 4.79 Å². The van der Waals surface area contributed by atoms with Crippen molar-refractivity contribution in [3.63, 3.8) is 0 Å². The van der Waals surface area contributed by atoms with Crippen LogP contribution in [-0.2, 0) is 14.3 Å². The molecule has 0 radical (unpaired) electrons. The molecule has 2 aromatic carbocycles. The number of hydrogen-bond donors (Lipinski definition) is 0. The fourth-order valence-electron chi connectivity index (χ4n) is 3.53. The fraction of sp³-hybridized carbons (Fsp3) is 0.381. The van der Waals surface area contributed by atoms with Crippen molar-refractivity contribution in [1.29, 1.82) is 0 Å². The van der Waals surface area contributed by atoms with Gasteiger partial charge in [0, 0.05) is 0 Å². The first-order chi connectivity index (χ1) is 11.7. The molecular weight excluding hydrogens is 300 g/mol. The number of rotatable bonds is 4. The van der Waals surface area contributed by atoms with Gasteiger partial charge in [-0.15, -0.1) is 0 Å². The molecule has 1 saturated heterocycles. The Morgan fingerprint density at radius 2 is 1.83 bits per heavy atom. The minimum atomic E-state index is -0.433. The maximum Gasteiger partial charge on any atom is 0.338 e. The van der Waals surface area contributed by atoms with E-state index in [4.69, 9.17) is 9.47 Å². The molecule has 0 N–H and O–H groups in total. The molecule has 24 heavy (non-hydrogen) atoms. The number of ether oxygens (including phenoxy) is 2. The zero-order chi connectivity index (χ0) is 16.5. The second-order valence-electron chi connectivity index (χ2n) is 6.76. The lowest BCUT2D eigenvalue weighted by molar-refractivity contribution is -0.150. The van der Waals surface area contributed by atoms with E-state index in [0.717, 1.165) is 31.2 Å². The molecule has 2 unspecified atom stereocenters. The van der Waals surface area contributed by atoms with Crippen molar-refractivity contribution in [2.24, 2.45) is 0 Å². The summed E-state index contributed by atoms with van der Waals surface area (Å²) in [7, 11) is 0. The predicted octanol–water partition coefficient (Wildman–Crippen LogP) is 4.59. The van der Waals surface area contributed by atoms with Crippen LogP contribution >= 0.6 is 0 Å². The van der Waals surface area contributed by atoms with Crippen molar-refractivity contribution >= 4 is 5.97 Å². The summed E-state index contributed by atoms with van der Waals surface area (Å²) in [5.74, 6) is -0.200. The van der Waals surface area contributed by atoms with Gasteiger partial charge in [-0.1, -0.05) is 42.5 Å². The molecule has 3 heteroatoms. The number of esters is 1. The molecular formula is C21H22O3. The van der Waals surface area contributed by atoms with Gasteiger partial charge in [0.25, 0.3) is 0 Å². The van der Waals surface area contributed by atoms with Crippen LogP contribution in [0.25, 0.3) is 11.1 Å². The molecule has 0 bridgehead atoms. The van der Waals surface area contributed by atoms with Gasteiger partial charge in [-0.25, -0.2) is 4.79 Å². The Balaban J connectivity index is 1.48. The first-order valence-electron chi connectivity index (χ1n) is 8.74. The largest absolute Gasteiger partial charge is 0.460 e. The van der Waals surface area contributed by atoms with Gasteiger partial charge in [0.15, 0.2) is 6.10 Å². The molecule has 2 atom stereocenters. The summed E-state index contributed by atoms with van der Waals surface area (Å²) in [6.07, 6.45) is 3.80. The van der Waals surface area contributed by atoms with Gasteiger partial charge in [0.1, 0.15) is 12.2 Å². The second-order valence-corrected chi connectivity index (χ2v) is 6.76. The smallest absolute Gasteiger partial charge is 0.338 e. The third-order valence-corrected chi connectivity index (χ3v) is 4.98. The summed E-state index contributed by atoms with van der Waals surface area (Å²) < 4.78 is 11.2. The van der Waals surface area contributed by atoms with E-state index in [1.54, 1.807) is 0 Å². The normalized spacial score (nSPS) is 23.2. The Kier molecular flexibility index (Phi) is 4.11. The van der Waals surface area contributed by atoms with Gasteiger partial charge in [-0.2, -0.15) is 0 Å². The van der Waals surface area contributed by atoms with E-state index in [-0.39, 0.29) is 18.2 Å². The van der Waals surface area contributed by atoms with Gasteiger partial charge in [-0.05, 0) is 60.9 Å². The number of carbonyl (C=O) groups excluding carboxylic acids is 1.